The first-order valence-electron chi connectivity index (χ1n) is 6.34. The van der Waals surface area contributed by atoms with E-state index >= 15 is 0 Å². The van der Waals surface area contributed by atoms with Crippen molar-refractivity contribution in [1.29, 1.82) is 0 Å². The Balaban J connectivity index is 2.32. The lowest BCUT2D eigenvalue weighted by molar-refractivity contribution is 0.108. The summed E-state index contributed by atoms with van der Waals surface area (Å²) in [5.74, 6) is -0.345. The Kier molecular flexibility index (Phi) is 6.86. The monoisotopic (exact) mass is 255 g/mol. The van der Waals surface area contributed by atoms with Crippen LogP contribution in [-0.2, 0) is 4.74 Å². The van der Waals surface area contributed by atoms with Crippen molar-refractivity contribution in [2.75, 3.05) is 33.4 Å². The van der Waals surface area contributed by atoms with E-state index in [1.54, 1.807) is 18.2 Å². The molecule has 1 atom stereocenters. The molecular formula is C14H22FNO2. The largest absolute Gasteiger partial charge is 0.388 e. The van der Waals surface area contributed by atoms with Gasteiger partial charge in [-0.05, 0) is 26.5 Å². The average molecular weight is 255 g/mol. The van der Waals surface area contributed by atoms with E-state index in [1.165, 1.54) is 6.07 Å². The number of aliphatic hydroxyl groups is 1. The normalized spacial score (nSPS) is 12.9. The van der Waals surface area contributed by atoms with E-state index in [4.69, 9.17) is 4.74 Å². The Hall–Kier alpha value is -0.970. The summed E-state index contributed by atoms with van der Waals surface area (Å²) in [6.07, 6.45) is -0.232. The predicted octanol–water partition coefficient (Wildman–Crippen LogP) is 2.22. The highest BCUT2D eigenvalue weighted by Gasteiger charge is 2.12. The lowest BCUT2D eigenvalue weighted by Gasteiger charge is -2.19. The van der Waals surface area contributed by atoms with Gasteiger partial charge in [-0.2, -0.15) is 0 Å². The van der Waals surface area contributed by atoms with Gasteiger partial charge >= 0.3 is 0 Å². The van der Waals surface area contributed by atoms with E-state index in [0.717, 1.165) is 6.54 Å². The molecule has 0 saturated carbocycles. The fourth-order valence-electron chi connectivity index (χ4n) is 1.72. The van der Waals surface area contributed by atoms with Gasteiger partial charge in [0.05, 0.1) is 12.7 Å². The number of nitrogens with zero attached hydrogens (tertiary/aromatic N) is 1. The Bertz CT molecular complexity index is 346. The van der Waals surface area contributed by atoms with Crippen LogP contribution in [0.5, 0.6) is 0 Å². The molecule has 102 valence electrons. The molecular weight excluding hydrogens is 233 g/mol. The molecule has 0 fully saturated rings. The van der Waals surface area contributed by atoms with Gasteiger partial charge < -0.3 is 14.7 Å². The van der Waals surface area contributed by atoms with Gasteiger partial charge in [0.25, 0.3) is 0 Å². The number of benzene rings is 1. The maximum atomic E-state index is 13.4. The molecule has 0 aliphatic carbocycles. The number of likely N-dealkylation sites (N-methyl/N-ethyl adjacent to an activating group) is 1. The van der Waals surface area contributed by atoms with Crippen molar-refractivity contribution in [3.05, 3.63) is 35.6 Å². The maximum absolute atomic E-state index is 13.4. The zero-order chi connectivity index (χ0) is 13.4. The minimum atomic E-state index is -0.749. The van der Waals surface area contributed by atoms with Crippen LogP contribution in [0.4, 0.5) is 4.39 Å². The molecule has 0 saturated heterocycles. The van der Waals surface area contributed by atoms with Gasteiger partial charge in [-0.1, -0.05) is 18.2 Å². The first kappa shape index (κ1) is 15.1. The SMILES string of the molecule is CCOCCN(C)CCC(O)c1ccccc1F. The quantitative estimate of drug-likeness (QED) is 0.723. The number of halogens is 1. The van der Waals surface area contributed by atoms with E-state index in [1.807, 2.05) is 14.0 Å². The van der Waals surface area contributed by atoms with E-state index in [-0.39, 0.29) is 5.82 Å². The molecule has 0 aromatic heterocycles. The fourth-order valence-corrected chi connectivity index (χ4v) is 1.72. The smallest absolute Gasteiger partial charge is 0.128 e. The molecule has 18 heavy (non-hydrogen) atoms. The maximum Gasteiger partial charge on any atom is 0.128 e. The van der Waals surface area contributed by atoms with Gasteiger partial charge in [0.1, 0.15) is 5.82 Å². The Morgan fingerprint density at radius 1 is 1.33 bits per heavy atom. The lowest BCUT2D eigenvalue weighted by Crippen LogP contribution is -2.25. The Labute approximate surface area is 108 Å². The summed E-state index contributed by atoms with van der Waals surface area (Å²) in [7, 11) is 1.97. The van der Waals surface area contributed by atoms with Crippen LogP contribution in [0.2, 0.25) is 0 Å². The highest BCUT2D eigenvalue weighted by molar-refractivity contribution is 5.19. The lowest BCUT2D eigenvalue weighted by atomic mass is 10.1. The number of hydrogen-bond acceptors (Lipinski definition) is 3. The van der Waals surface area contributed by atoms with Crippen LogP contribution in [-0.4, -0.2) is 43.4 Å². The summed E-state index contributed by atoms with van der Waals surface area (Å²) in [5.41, 5.74) is 0.371. The van der Waals surface area contributed by atoms with Crippen molar-refractivity contribution in [2.24, 2.45) is 0 Å². The van der Waals surface area contributed by atoms with Crippen LogP contribution < -0.4 is 0 Å². The van der Waals surface area contributed by atoms with Gasteiger partial charge in [0.15, 0.2) is 0 Å². The Morgan fingerprint density at radius 2 is 2.06 bits per heavy atom. The predicted molar refractivity (Wildman–Crippen MR) is 70.0 cm³/mol. The first-order valence-corrected chi connectivity index (χ1v) is 6.34. The van der Waals surface area contributed by atoms with Crippen molar-refractivity contribution >= 4 is 0 Å². The van der Waals surface area contributed by atoms with Gasteiger partial charge in [0.2, 0.25) is 0 Å². The molecule has 1 unspecified atom stereocenters. The summed E-state index contributed by atoms with van der Waals surface area (Å²) in [5, 5.41) is 9.92. The van der Waals surface area contributed by atoms with Crippen molar-refractivity contribution in [1.82, 2.24) is 4.90 Å². The number of ether oxygens (including phenoxy) is 1. The molecule has 1 N–H and O–H groups in total. The molecule has 3 nitrogen and oxygen atoms in total. The van der Waals surface area contributed by atoms with Gasteiger partial charge in [-0.3, -0.25) is 0 Å². The zero-order valence-electron chi connectivity index (χ0n) is 11.1. The van der Waals surface area contributed by atoms with Crippen molar-refractivity contribution in [2.45, 2.75) is 19.4 Å². The third kappa shape index (κ3) is 5.12. The van der Waals surface area contributed by atoms with E-state index < -0.39 is 6.10 Å². The minimum absolute atomic E-state index is 0.345. The molecule has 0 aliphatic heterocycles. The second kappa shape index (κ2) is 8.19. The molecule has 1 aromatic carbocycles. The topological polar surface area (TPSA) is 32.7 Å². The first-order chi connectivity index (χ1) is 8.65. The van der Waals surface area contributed by atoms with Crippen molar-refractivity contribution < 1.29 is 14.2 Å². The number of aliphatic hydroxyl groups excluding tert-OH is 1. The molecule has 1 rings (SSSR count). The number of hydrogen-bond donors (Lipinski definition) is 1. The van der Waals surface area contributed by atoms with Crippen LogP contribution in [0.25, 0.3) is 0 Å². The third-order valence-electron chi connectivity index (χ3n) is 2.87. The molecule has 0 radical (unpaired) electrons. The second-order valence-electron chi connectivity index (χ2n) is 4.33. The van der Waals surface area contributed by atoms with Crippen LogP contribution in [0.3, 0.4) is 0 Å². The van der Waals surface area contributed by atoms with Crippen molar-refractivity contribution in [3.63, 3.8) is 0 Å². The summed E-state index contributed by atoms with van der Waals surface area (Å²) >= 11 is 0. The molecule has 0 bridgehead atoms. The van der Waals surface area contributed by atoms with Gasteiger partial charge in [-0.15, -0.1) is 0 Å². The standard InChI is InChI=1S/C14H22FNO2/c1-3-18-11-10-16(2)9-8-14(17)12-6-4-5-7-13(12)15/h4-7,14,17H,3,8-11H2,1-2H3. The molecule has 0 spiro atoms. The van der Waals surface area contributed by atoms with Crippen LogP contribution in [0.1, 0.15) is 25.0 Å². The van der Waals surface area contributed by atoms with Crippen LogP contribution in [0, 0.1) is 5.82 Å². The summed E-state index contributed by atoms with van der Waals surface area (Å²) < 4.78 is 18.7. The third-order valence-corrected chi connectivity index (χ3v) is 2.87. The number of rotatable bonds is 8. The second-order valence-corrected chi connectivity index (χ2v) is 4.33. The highest BCUT2D eigenvalue weighted by Crippen LogP contribution is 2.19. The van der Waals surface area contributed by atoms with Crippen LogP contribution >= 0.6 is 0 Å². The summed E-state index contributed by atoms with van der Waals surface area (Å²) in [4.78, 5) is 2.07. The molecule has 0 amide bonds. The van der Waals surface area contributed by atoms with Gasteiger partial charge in [-0.25, -0.2) is 4.39 Å². The molecule has 4 heteroatoms. The Morgan fingerprint density at radius 3 is 2.72 bits per heavy atom. The minimum Gasteiger partial charge on any atom is -0.388 e. The average Bonchev–Trinajstić information content (AvgIpc) is 2.37. The van der Waals surface area contributed by atoms with E-state index in [2.05, 4.69) is 4.90 Å². The van der Waals surface area contributed by atoms with E-state index in [0.29, 0.717) is 31.7 Å². The van der Waals surface area contributed by atoms with Crippen LogP contribution in [0.15, 0.2) is 24.3 Å². The summed E-state index contributed by atoms with van der Waals surface area (Å²) in [6, 6.07) is 6.36. The van der Waals surface area contributed by atoms with Crippen molar-refractivity contribution in [3.8, 4) is 0 Å². The molecule has 0 heterocycles. The molecule has 0 aliphatic rings. The molecule has 1 aromatic rings. The zero-order valence-corrected chi connectivity index (χ0v) is 11.1. The summed E-state index contributed by atoms with van der Waals surface area (Å²) in [6.45, 7) is 4.89. The fraction of sp³-hybridized carbons (Fsp3) is 0.571. The van der Waals surface area contributed by atoms with Gasteiger partial charge in [0, 0.05) is 25.3 Å². The van der Waals surface area contributed by atoms with E-state index in [9.17, 15) is 9.50 Å². The highest BCUT2D eigenvalue weighted by atomic mass is 19.1.